The van der Waals surface area contributed by atoms with Crippen LogP contribution in [-0.2, 0) is 11.3 Å². The Morgan fingerprint density at radius 3 is 3.08 bits per heavy atom. The summed E-state index contributed by atoms with van der Waals surface area (Å²) in [5.74, 6) is 0.467. The Hall–Kier alpha value is -1.52. The molecule has 1 amide bonds. The van der Waals surface area contributed by atoms with Crippen molar-refractivity contribution >= 4 is 5.91 Å². The third-order valence-electron chi connectivity index (χ3n) is 1.58. The van der Waals surface area contributed by atoms with Gasteiger partial charge in [-0.05, 0) is 6.92 Å². The van der Waals surface area contributed by atoms with Crippen LogP contribution >= 0.6 is 0 Å². The number of aromatic nitrogens is 2. The maximum Gasteiger partial charge on any atom is 0.257 e. The largest absolute Gasteiger partial charge is 0.480 e. The van der Waals surface area contributed by atoms with Crippen LogP contribution in [0.5, 0.6) is 5.75 Å². The summed E-state index contributed by atoms with van der Waals surface area (Å²) in [5.41, 5.74) is 0. The molecule has 72 valence electrons. The molecule has 1 aromatic heterocycles. The molecule has 0 unspecified atom stereocenters. The highest BCUT2D eigenvalue weighted by atomic mass is 16.5. The second kappa shape index (κ2) is 4.49. The second-order valence-electron chi connectivity index (χ2n) is 2.49. The SMILES string of the molecule is CCn1cc(OCC(=O)NC)cn1. The van der Waals surface area contributed by atoms with Crippen molar-refractivity contribution in [2.24, 2.45) is 0 Å². The zero-order chi connectivity index (χ0) is 9.68. The summed E-state index contributed by atoms with van der Waals surface area (Å²) in [4.78, 5) is 10.8. The predicted octanol–water partition coefficient (Wildman–Crippen LogP) is 0.0278. The standard InChI is InChI=1S/C8H13N3O2/c1-3-11-5-7(4-10-11)13-6-8(12)9-2/h4-5H,3,6H2,1-2H3,(H,9,12). The normalized spacial score (nSPS) is 9.69. The minimum Gasteiger partial charge on any atom is -0.480 e. The minimum atomic E-state index is -0.149. The Kier molecular flexibility index (Phi) is 3.31. The number of nitrogens with zero attached hydrogens (tertiary/aromatic N) is 2. The molecule has 1 N–H and O–H groups in total. The Labute approximate surface area is 76.7 Å². The molecule has 1 rings (SSSR count). The van der Waals surface area contributed by atoms with Crippen molar-refractivity contribution in [1.82, 2.24) is 15.1 Å². The lowest BCUT2D eigenvalue weighted by atomic mass is 10.6. The van der Waals surface area contributed by atoms with Crippen LogP contribution in [0.15, 0.2) is 12.4 Å². The van der Waals surface area contributed by atoms with E-state index in [1.54, 1.807) is 24.1 Å². The van der Waals surface area contributed by atoms with E-state index in [9.17, 15) is 4.79 Å². The first-order valence-electron chi connectivity index (χ1n) is 4.12. The minimum absolute atomic E-state index is 0.0336. The van der Waals surface area contributed by atoms with Crippen LogP contribution in [0.3, 0.4) is 0 Å². The summed E-state index contributed by atoms with van der Waals surface area (Å²) < 4.78 is 6.88. The van der Waals surface area contributed by atoms with Crippen molar-refractivity contribution in [1.29, 1.82) is 0 Å². The van der Waals surface area contributed by atoms with Gasteiger partial charge in [-0.2, -0.15) is 5.10 Å². The van der Waals surface area contributed by atoms with Gasteiger partial charge in [-0.1, -0.05) is 0 Å². The molecule has 0 fully saturated rings. The van der Waals surface area contributed by atoms with Crippen molar-refractivity contribution in [3.8, 4) is 5.75 Å². The van der Waals surface area contributed by atoms with E-state index < -0.39 is 0 Å². The molecule has 0 saturated carbocycles. The first-order chi connectivity index (χ1) is 6.26. The Bertz CT molecular complexity index is 283. The third-order valence-corrected chi connectivity index (χ3v) is 1.58. The van der Waals surface area contributed by atoms with Crippen LogP contribution in [0, 0.1) is 0 Å². The van der Waals surface area contributed by atoms with Crippen LogP contribution in [0.1, 0.15) is 6.92 Å². The number of likely N-dealkylation sites (N-methyl/N-ethyl adjacent to an activating group) is 1. The molecule has 0 aromatic carbocycles. The van der Waals surface area contributed by atoms with Crippen LogP contribution < -0.4 is 10.1 Å². The predicted molar refractivity (Wildman–Crippen MR) is 47.5 cm³/mol. The quantitative estimate of drug-likeness (QED) is 0.716. The van der Waals surface area contributed by atoms with Crippen molar-refractivity contribution in [2.75, 3.05) is 13.7 Å². The fourth-order valence-electron chi connectivity index (χ4n) is 0.813. The third kappa shape index (κ3) is 2.77. The Morgan fingerprint density at radius 1 is 1.77 bits per heavy atom. The van der Waals surface area contributed by atoms with Gasteiger partial charge in [-0.25, -0.2) is 0 Å². The van der Waals surface area contributed by atoms with Crippen LogP contribution in [0.4, 0.5) is 0 Å². The maximum absolute atomic E-state index is 10.8. The number of hydrogen-bond acceptors (Lipinski definition) is 3. The Balaban J connectivity index is 2.41. The number of carbonyl (C=O) groups excluding carboxylic acids is 1. The smallest absolute Gasteiger partial charge is 0.257 e. The lowest BCUT2D eigenvalue weighted by molar-refractivity contribution is -0.122. The van der Waals surface area contributed by atoms with Crippen molar-refractivity contribution in [3.05, 3.63) is 12.4 Å². The molecule has 1 heterocycles. The van der Waals surface area contributed by atoms with Crippen LogP contribution in [-0.4, -0.2) is 29.3 Å². The molecule has 0 bridgehead atoms. The van der Waals surface area contributed by atoms with Gasteiger partial charge in [0.05, 0.1) is 12.4 Å². The number of hydrogen-bond donors (Lipinski definition) is 1. The van der Waals surface area contributed by atoms with Crippen molar-refractivity contribution in [2.45, 2.75) is 13.5 Å². The topological polar surface area (TPSA) is 56.1 Å². The van der Waals surface area contributed by atoms with Gasteiger partial charge in [-0.3, -0.25) is 9.48 Å². The molecule has 0 aliphatic heterocycles. The first kappa shape index (κ1) is 9.57. The number of nitrogens with one attached hydrogen (secondary N) is 1. The number of amides is 1. The van der Waals surface area contributed by atoms with E-state index in [1.807, 2.05) is 6.92 Å². The highest BCUT2D eigenvalue weighted by Crippen LogP contribution is 2.07. The van der Waals surface area contributed by atoms with Gasteiger partial charge in [0.1, 0.15) is 0 Å². The lowest BCUT2D eigenvalue weighted by Gasteiger charge is -2.00. The molecule has 5 heteroatoms. The van der Waals surface area contributed by atoms with E-state index in [2.05, 4.69) is 10.4 Å². The molecule has 0 atom stereocenters. The summed E-state index contributed by atoms with van der Waals surface area (Å²) in [6.45, 7) is 2.81. The lowest BCUT2D eigenvalue weighted by Crippen LogP contribution is -2.24. The van der Waals surface area contributed by atoms with Gasteiger partial charge in [0, 0.05) is 13.6 Å². The zero-order valence-corrected chi connectivity index (χ0v) is 7.78. The fraction of sp³-hybridized carbons (Fsp3) is 0.500. The van der Waals surface area contributed by atoms with Crippen LogP contribution in [0.2, 0.25) is 0 Å². The number of aryl methyl sites for hydroxylation is 1. The molecule has 0 aliphatic carbocycles. The fourth-order valence-corrected chi connectivity index (χ4v) is 0.813. The van der Waals surface area contributed by atoms with Gasteiger partial charge < -0.3 is 10.1 Å². The summed E-state index contributed by atoms with van der Waals surface area (Å²) in [7, 11) is 1.57. The summed E-state index contributed by atoms with van der Waals surface area (Å²) in [5, 5.41) is 6.46. The van der Waals surface area contributed by atoms with E-state index in [0.717, 1.165) is 6.54 Å². The van der Waals surface area contributed by atoms with Gasteiger partial charge in [0.15, 0.2) is 12.4 Å². The zero-order valence-electron chi connectivity index (χ0n) is 7.78. The van der Waals surface area contributed by atoms with Crippen LogP contribution in [0.25, 0.3) is 0 Å². The summed E-state index contributed by atoms with van der Waals surface area (Å²) in [6, 6.07) is 0. The second-order valence-corrected chi connectivity index (χ2v) is 2.49. The van der Waals surface area contributed by atoms with Gasteiger partial charge in [0.25, 0.3) is 5.91 Å². The van der Waals surface area contributed by atoms with Gasteiger partial charge in [0.2, 0.25) is 0 Å². The molecular weight excluding hydrogens is 170 g/mol. The number of carbonyl (C=O) groups is 1. The molecule has 0 saturated heterocycles. The van der Waals surface area contributed by atoms with E-state index in [1.165, 1.54) is 0 Å². The highest BCUT2D eigenvalue weighted by Gasteiger charge is 2.01. The highest BCUT2D eigenvalue weighted by molar-refractivity contribution is 5.77. The molecule has 0 spiro atoms. The summed E-state index contributed by atoms with van der Waals surface area (Å²) >= 11 is 0. The van der Waals surface area contributed by atoms with E-state index in [0.29, 0.717) is 5.75 Å². The van der Waals surface area contributed by atoms with E-state index in [-0.39, 0.29) is 12.5 Å². The summed E-state index contributed by atoms with van der Waals surface area (Å²) in [6.07, 6.45) is 3.34. The van der Waals surface area contributed by atoms with Gasteiger partial charge in [-0.15, -0.1) is 0 Å². The first-order valence-corrected chi connectivity index (χ1v) is 4.12. The van der Waals surface area contributed by atoms with Gasteiger partial charge >= 0.3 is 0 Å². The average Bonchev–Trinajstić information content (AvgIpc) is 2.61. The average molecular weight is 183 g/mol. The molecule has 0 radical (unpaired) electrons. The molecule has 0 aliphatic rings. The molecule has 5 nitrogen and oxygen atoms in total. The Morgan fingerprint density at radius 2 is 2.54 bits per heavy atom. The maximum atomic E-state index is 10.8. The molecule has 1 aromatic rings. The molecule has 13 heavy (non-hydrogen) atoms. The van der Waals surface area contributed by atoms with Crippen molar-refractivity contribution < 1.29 is 9.53 Å². The number of rotatable bonds is 4. The van der Waals surface area contributed by atoms with Crippen molar-refractivity contribution in [3.63, 3.8) is 0 Å². The molecular formula is C8H13N3O2. The number of ether oxygens (including phenoxy) is 1. The van der Waals surface area contributed by atoms with E-state index in [4.69, 9.17) is 4.74 Å². The van der Waals surface area contributed by atoms with E-state index >= 15 is 0 Å². The monoisotopic (exact) mass is 183 g/mol.